The number of carbonyl (C=O) groups excluding carboxylic acids is 1. The SMILES string of the molecule is COC(=O)CC(O)C(O)c1cccc(C(F)(F)F)c1. The van der Waals surface area contributed by atoms with Gasteiger partial charge in [-0.25, -0.2) is 0 Å². The van der Waals surface area contributed by atoms with E-state index >= 15 is 0 Å². The predicted octanol–water partition coefficient (Wildman–Crippen LogP) is 1.66. The second-order valence-corrected chi connectivity index (χ2v) is 3.92. The van der Waals surface area contributed by atoms with Crippen molar-refractivity contribution in [3.63, 3.8) is 0 Å². The number of aliphatic hydroxyl groups excluding tert-OH is 2. The number of rotatable bonds is 4. The fraction of sp³-hybridized carbons (Fsp3) is 0.417. The molecule has 0 heterocycles. The van der Waals surface area contributed by atoms with Crippen LogP contribution in [0.3, 0.4) is 0 Å². The zero-order chi connectivity index (χ0) is 14.6. The lowest BCUT2D eigenvalue weighted by molar-refractivity contribution is -0.145. The van der Waals surface area contributed by atoms with Gasteiger partial charge in [0.25, 0.3) is 0 Å². The van der Waals surface area contributed by atoms with Crippen LogP contribution in [-0.2, 0) is 15.7 Å². The summed E-state index contributed by atoms with van der Waals surface area (Å²) in [7, 11) is 1.10. The van der Waals surface area contributed by atoms with Crippen molar-refractivity contribution in [2.24, 2.45) is 0 Å². The lowest BCUT2D eigenvalue weighted by atomic mass is 10.00. The molecule has 0 aliphatic rings. The number of ether oxygens (including phenoxy) is 1. The first-order valence-electron chi connectivity index (χ1n) is 5.36. The van der Waals surface area contributed by atoms with E-state index in [1.165, 1.54) is 6.07 Å². The van der Waals surface area contributed by atoms with E-state index in [4.69, 9.17) is 0 Å². The number of esters is 1. The van der Waals surface area contributed by atoms with Gasteiger partial charge in [-0.15, -0.1) is 0 Å². The van der Waals surface area contributed by atoms with Crippen molar-refractivity contribution >= 4 is 5.97 Å². The number of hydrogen-bond acceptors (Lipinski definition) is 4. The van der Waals surface area contributed by atoms with Crippen molar-refractivity contribution in [1.29, 1.82) is 0 Å². The third-order valence-corrected chi connectivity index (χ3v) is 2.52. The molecule has 2 atom stereocenters. The number of hydrogen-bond donors (Lipinski definition) is 2. The van der Waals surface area contributed by atoms with Crippen LogP contribution in [0.25, 0.3) is 0 Å². The molecule has 1 aromatic carbocycles. The summed E-state index contributed by atoms with van der Waals surface area (Å²) in [5.41, 5.74) is -1.06. The summed E-state index contributed by atoms with van der Waals surface area (Å²) >= 11 is 0. The minimum absolute atomic E-state index is 0.119. The van der Waals surface area contributed by atoms with E-state index in [-0.39, 0.29) is 5.56 Å². The Hall–Kier alpha value is -1.60. The number of methoxy groups -OCH3 is 1. The minimum Gasteiger partial charge on any atom is -0.469 e. The van der Waals surface area contributed by atoms with Gasteiger partial charge in [0.2, 0.25) is 0 Å². The van der Waals surface area contributed by atoms with Gasteiger partial charge in [-0.1, -0.05) is 12.1 Å². The highest BCUT2D eigenvalue weighted by Crippen LogP contribution is 2.31. The second-order valence-electron chi connectivity index (χ2n) is 3.92. The lowest BCUT2D eigenvalue weighted by Crippen LogP contribution is -2.23. The molecule has 1 aromatic rings. The number of aliphatic hydroxyl groups is 2. The number of alkyl halides is 3. The summed E-state index contributed by atoms with van der Waals surface area (Å²) in [6.45, 7) is 0. The van der Waals surface area contributed by atoms with E-state index in [0.29, 0.717) is 0 Å². The molecule has 0 bridgehead atoms. The van der Waals surface area contributed by atoms with E-state index in [1.54, 1.807) is 0 Å². The average Bonchev–Trinajstić information content (AvgIpc) is 2.36. The van der Waals surface area contributed by atoms with Gasteiger partial charge in [-0.2, -0.15) is 13.2 Å². The van der Waals surface area contributed by atoms with Gasteiger partial charge in [0.05, 0.1) is 25.2 Å². The number of carbonyl (C=O) groups is 1. The molecule has 19 heavy (non-hydrogen) atoms. The Morgan fingerprint density at radius 1 is 1.37 bits per heavy atom. The first-order valence-corrected chi connectivity index (χ1v) is 5.36. The molecule has 0 amide bonds. The van der Waals surface area contributed by atoms with Crippen LogP contribution in [0.4, 0.5) is 13.2 Å². The van der Waals surface area contributed by atoms with Crippen LogP contribution in [0, 0.1) is 0 Å². The van der Waals surface area contributed by atoms with Crippen LogP contribution in [-0.4, -0.2) is 29.4 Å². The Balaban J connectivity index is 2.88. The maximum atomic E-state index is 12.5. The van der Waals surface area contributed by atoms with Crippen molar-refractivity contribution in [1.82, 2.24) is 0 Å². The first kappa shape index (κ1) is 15.5. The van der Waals surface area contributed by atoms with Crippen LogP contribution in [0.1, 0.15) is 23.7 Å². The standard InChI is InChI=1S/C12H13F3O4/c1-19-10(17)6-9(16)11(18)7-3-2-4-8(5-7)12(13,14)15/h2-5,9,11,16,18H,6H2,1H3. The molecule has 0 spiro atoms. The van der Waals surface area contributed by atoms with Gasteiger partial charge in [0.15, 0.2) is 0 Å². The minimum atomic E-state index is -4.54. The van der Waals surface area contributed by atoms with Gasteiger partial charge >= 0.3 is 12.1 Å². The highest BCUT2D eigenvalue weighted by atomic mass is 19.4. The van der Waals surface area contributed by atoms with E-state index in [1.807, 2.05) is 0 Å². The Bertz CT molecular complexity index is 445. The Kier molecular flexibility index (Phi) is 4.90. The van der Waals surface area contributed by atoms with Gasteiger partial charge in [-0.05, 0) is 17.7 Å². The predicted molar refractivity (Wildman–Crippen MR) is 59.0 cm³/mol. The third kappa shape index (κ3) is 4.22. The van der Waals surface area contributed by atoms with E-state index < -0.39 is 36.3 Å². The van der Waals surface area contributed by atoms with Crippen LogP contribution in [0.5, 0.6) is 0 Å². The molecule has 0 aromatic heterocycles. The van der Waals surface area contributed by atoms with E-state index in [9.17, 15) is 28.2 Å². The molecule has 0 aliphatic carbocycles. The van der Waals surface area contributed by atoms with Crippen LogP contribution in [0.15, 0.2) is 24.3 Å². The van der Waals surface area contributed by atoms with Crippen LogP contribution < -0.4 is 0 Å². The third-order valence-electron chi connectivity index (χ3n) is 2.52. The lowest BCUT2D eigenvalue weighted by Gasteiger charge is -2.18. The highest BCUT2D eigenvalue weighted by Gasteiger charge is 2.31. The molecule has 0 fully saturated rings. The summed E-state index contributed by atoms with van der Waals surface area (Å²) in [4.78, 5) is 10.9. The summed E-state index contributed by atoms with van der Waals surface area (Å²) in [6.07, 6.45) is -8.17. The molecule has 4 nitrogen and oxygen atoms in total. The number of halogens is 3. The van der Waals surface area contributed by atoms with Gasteiger partial charge in [0.1, 0.15) is 6.10 Å². The molecule has 0 aliphatic heterocycles. The number of benzene rings is 1. The smallest absolute Gasteiger partial charge is 0.416 e. The fourth-order valence-electron chi connectivity index (χ4n) is 1.49. The highest BCUT2D eigenvalue weighted by molar-refractivity contribution is 5.69. The molecular formula is C12H13F3O4. The van der Waals surface area contributed by atoms with Crippen molar-refractivity contribution in [2.75, 3.05) is 7.11 Å². The van der Waals surface area contributed by atoms with Gasteiger partial charge in [-0.3, -0.25) is 4.79 Å². The van der Waals surface area contributed by atoms with Crippen molar-refractivity contribution in [3.8, 4) is 0 Å². The summed E-state index contributed by atoms with van der Waals surface area (Å²) in [5, 5.41) is 19.2. The molecule has 106 valence electrons. The van der Waals surface area contributed by atoms with Crippen molar-refractivity contribution < 1.29 is 32.9 Å². The Labute approximate surface area is 107 Å². The zero-order valence-corrected chi connectivity index (χ0v) is 10.0. The van der Waals surface area contributed by atoms with Crippen molar-refractivity contribution in [3.05, 3.63) is 35.4 Å². The van der Waals surface area contributed by atoms with Crippen LogP contribution >= 0.6 is 0 Å². The first-order chi connectivity index (χ1) is 8.75. The second kappa shape index (κ2) is 6.03. The summed E-state index contributed by atoms with van der Waals surface area (Å²) < 4.78 is 41.7. The maximum absolute atomic E-state index is 12.5. The quantitative estimate of drug-likeness (QED) is 0.822. The molecular weight excluding hydrogens is 265 g/mol. The summed E-state index contributed by atoms with van der Waals surface area (Å²) in [5.74, 6) is -0.765. The normalized spacial score (nSPS) is 14.8. The van der Waals surface area contributed by atoms with E-state index in [2.05, 4.69) is 4.74 Å². The molecule has 1 rings (SSSR count). The van der Waals surface area contributed by atoms with Gasteiger partial charge in [0, 0.05) is 0 Å². The summed E-state index contributed by atoms with van der Waals surface area (Å²) in [6, 6.07) is 3.93. The van der Waals surface area contributed by atoms with Gasteiger partial charge < -0.3 is 14.9 Å². The fourth-order valence-corrected chi connectivity index (χ4v) is 1.49. The monoisotopic (exact) mass is 278 g/mol. The molecule has 7 heteroatoms. The molecule has 2 N–H and O–H groups in total. The largest absolute Gasteiger partial charge is 0.469 e. The van der Waals surface area contributed by atoms with E-state index in [0.717, 1.165) is 25.3 Å². The molecule has 0 saturated carbocycles. The Morgan fingerprint density at radius 3 is 2.53 bits per heavy atom. The zero-order valence-electron chi connectivity index (χ0n) is 10.0. The van der Waals surface area contributed by atoms with Crippen molar-refractivity contribution in [2.45, 2.75) is 24.8 Å². The molecule has 0 saturated heterocycles. The Morgan fingerprint density at radius 2 is 2.00 bits per heavy atom. The average molecular weight is 278 g/mol. The topological polar surface area (TPSA) is 66.8 Å². The molecule has 0 radical (unpaired) electrons. The molecule has 2 unspecified atom stereocenters. The maximum Gasteiger partial charge on any atom is 0.416 e. The van der Waals surface area contributed by atoms with Crippen LogP contribution in [0.2, 0.25) is 0 Å².